The lowest BCUT2D eigenvalue weighted by Gasteiger charge is -2.46. The third-order valence-corrected chi connectivity index (χ3v) is 6.78. The van der Waals surface area contributed by atoms with E-state index in [1.807, 2.05) is 0 Å². The predicted molar refractivity (Wildman–Crippen MR) is 95.9 cm³/mol. The van der Waals surface area contributed by atoms with E-state index in [1.54, 1.807) is 0 Å². The molecule has 0 aromatic rings. The van der Waals surface area contributed by atoms with Gasteiger partial charge in [-0.15, -0.1) is 0 Å². The Morgan fingerprint density at radius 3 is 2.23 bits per heavy atom. The first kappa shape index (κ1) is 18.3. The molecule has 1 heteroatoms. The van der Waals surface area contributed by atoms with Gasteiger partial charge in [0, 0.05) is 0 Å². The zero-order chi connectivity index (χ0) is 16.2. The van der Waals surface area contributed by atoms with Crippen molar-refractivity contribution in [2.75, 3.05) is 0 Å². The predicted octanol–water partition coefficient (Wildman–Crippen LogP) is 6.20. The van der Waals surface area contributed by atoms with E-state index < -0.39 is 5.60 Å². The molecule has 0 radical (unpaired) electrons. The Morgan fingerprint density at radius 2 is 1.64 bits per heavy atom. The highest BCUT2D eigenvalue weighted by molar-refractivity contribution is 4.92. The summed E-state index contributed by atoms with van der Waals surface area (Å²) in [7, 11) is 0. The summed E-state index contributed by atoms with van der Waals surface area (Å²) in [5.74, 6) is 4.07. The average Bonchev–Trinajstić information content (AvgIpc) is 2.47. The molecule has 0 spiro atoms. The molecule has 0 amide bonds. The van der Waals surface area contributed by atoms with Crippen molar-refractivity contribution < 1.29 is 5.11 Å². The monoisotopic (exact) mass is 308 g/mol. The van der Waals surface area contributed by atoms with Crippen LogP contribution < -0.4 is 0 Å². The van der Waals surface area contributed by atoms with E-state index in [0.29, 0.717) is 5.92 Å². The highest BCUT2D eigenvalue weighted by atomic mass is 16.3. The summed E-state index contributed by atoms with van der Waals surface area (Å²) in [6.45, 7) is 8.83. The summed E-state index contributed by atoms with van der Waals surface area (Å²) < 4.78 is 0. The van der Waals surface area contributed by atoms with Gasteiger partial charge in [0.15, 0.2) is 0 Å². The summed E-state index contributed by atoms with van der Waals surface area (Å²) in [5, 5.41) is 10.6. The molecule has 0 aromatic heterocycles. The second-order valence-corrected chi connectivity index (χ2v) is 9.12. The van der Waals surface area contributed by atoms with E-state index >= 15 is 0 Å². The van der Waals surface area contributed by atoms with Crippen LogP contribution in [0.15, 0.2) is 0 Å². The lowest BCUT2D eigenvalue weighted by molar-refractivity contribution is -0.0573. The molecule has 0 bridgehead atoms. The van der Waals surface area contributed by atoms with Crippen LogP contribution in [0, 0.1) is 29.6 Å². The quantitative estimate of drug-likeness (QED) is 0.579. The lowest BCUT2D eigenvalue weighted by atomic mass is 9.60. The summed E-state index contributed by atoms with van der Waals surface area (Å²) >= 11 is 0. The van der Waals surface area contributed by atoms with Crippen LogP contribution in [0.1, 0.15) is 98.3 Å². The molecule has 2 rings (SSSR count). The topological polar surface area (TPSA) is 20.2 Å². The Bertz CT molecular complexity index is 308. The number of hydrogen-bond donors (Lipinski definition) is 1. The van der Waals surface area contributed by atoms with Gasteiger partial charge >= 0.3 is 0 Å². The average molecular weight is 309 g/mol. The second-order valence-electron chi connectivity index (χ2n) is 9.12. The zero-order valence-electron chi connectivity index (χ0n) is 15.6. The van der Waals surface area contributed by atoms with Gasteiger partial charge in [-0.05, 0) is 69.1 Å². The normalized spacial score (nSPS) is 37.2. The Morgan fingerprint density at radius 1 is 0.955 bits per heavy atom. The maximum absolute atomic E-state index is 10.6. The molecule has 0 heterocycles. The molecule has 1 nitrogen and oxygen atoms in total. The standard InChI is InChI=1S/C21H40O/c1-5-6-7-8-17-10-12-18(13-11-17)19-15-16(2)9-14-20(19)21(3,4)22/h16-20,22H,5-15H2,1-4H3/t16?,17?,18?,19-,20+/m0/s1. The first-order valence-electron chi connectivity index (χ1n) is 10.1. The molecule has 2 saturated carbocycles. The summed E-state index contributed by atoms with van der Waals surface area (Å²) in [4.78, 5) is 0. The second kappa shape index (κ2) is 8.18. The van der Waals surface area contributed by atoms with Crippen molar-refractivity contribution in [2.45, 2.75) is 104 Å². The van der Waals surface area contributed by atoms with Gasteiger partial charge < -0.3 is 5.11 Å². The molecule has 22 heavy (non-hydrogen) atoms. The van der Waals surface area contributed by atoms with Crippen LogP contribution in [0.2, 0.25) is 0 Å². The molecule has 1 N–H and O–H groups in total. The van der Waals surface area contributed by atoms with Gasteiger partial charge in [-0.3, -0.25) is 0 Å². The molecule has 3 atom stereocenters. The molecular formula is C21H40O. The fourth-order valence-electron chi connectivity index (χ4n) is 5.41. The Labute approximate surface area is 139 Å². The largest absolute Gasteiger partial charge is 0.390 e. The van der Waals surface area contributed by atoms with Gasteiger partial charge in [0.2, 0.25) is 0 Å². The van der Waals surface area contributed by atoms with Crippen molar-refractivity contribution in [3.63, 3.8) is 0 Å². The molecule has 1 unspecified atom stereocenters. The molecule has 130 valence electrons. The van der Waals surface area contributed by atoms with Crippen LogP contribution in [0.4, 0.5) is 0 Å². The van der Waals surface area contributed by atoms with Crippen molar-refractivity contribution in [1.82, 2.24) is 0 Å². The van der Waals surface area contributed by atoms with Crippen molar-refractivity contribution in [2.24, 2.45) is 29.6 Å². The maximum atomic E-state index is 10.6. The Balaban J connectivity index is 1.87. The van der Waals surface area contributed by atoms with Crippen molar-refractivity contribution in [3.05, 3.63) is 0 Å². The van der Waals surface area contributed by atoms with Gasteiger partial charge in [0.1, 0.15) is 0 Å². The van der Waals surface area contributed by atoms with E-state index in [-0.39, 0.29) is 0 Å². The van der Waals surface area contributed by atoms with E-state index in [0.717, 1.165) is 23.7 Å². The van der Waals surface area contributed by atoms with Crippen LogP contribution in [0.5, 0.6) is 0 Å². The van der Waals surface area contributed by atoms with Gasteiger partial charge in [0.25, 0.3) is 0 Å². The van der Waals surface area contributed by atoms with Crippen LogP contribution in [-0.4, -0.2) is 10.7 Å². The highest BCUT2D eigenvalue weighted by Crippen LogP contribution is 2.48. The molecule has 2 fully saturated rings. The molecule has 0 aromatic carbocycles. The van der Waals surface area contributed by atoms with Gasteiger partial charge in [-0.25, -0.2) is 0 Å². The molecular weight excluding hydrogens is 268 g/mol. The minimum Gasteiger partial charge on any atom is -0.390 e. The van der Waals surface area contributed by atoms with E-state index in [2.05, 4.69) is 27.7 Å². The molecule has 2 aliphatic rings. The van der Waals surface area contributed by atoms with Gasteiger partial charge in [-0.2, -0.15) is 0 Å². The van der Waals surface area contributed by atoms with E-state index in [4.69, 9.17) is 0 Å². The molecule has 0 saturated heterocycles. The smallest absolute Gasteiger partial charge is 0.0622 e. The van der Waals surface area contributed by atoms with Crippen LogP contribution in [0.25, 0.3) is 0 Å². The first-order chi connectivity index (χ1) is 10.4. The van der Waals surface area contributed by atoms with Crippen molar-refractivity contribution in [1.29, 1.82) is 0 Å². The zero-order valence-corrected chi connectivity index (χ0v) is 15.6. The van der Waals surface area contributed by atoms with Gasteiger partial charge in [0.05, 0.1) is 5.60 Å². The van der Waals surface area contributed by atoms with E-state index in [9.17, 15) is 5.11 Å². The Kier molecular flexibility index (Phi) is 6.80. The fourth-order valence-corrected chi connectivity index (χ4v) is 5.41. The van der Waals surface area contributed by atoms with Crippen LogP contribution in [-0.2, 0) is 0 Å². The molecule has 0 aliphatic heterocycles. The maximum Gasteiger partial charge on any atom is 0.0622 e. The summed E-state index contributed by atoms with van der Waals surface area (Å²) in [5.41, 5.74) is -0.483. The minimum absolute atomic E-state index is 0.483. The highest BCUT2D eigenvalue weighted by Gasteiger charge is 2.42. The Hall–Kier alpha value is -0.0400. The van der Waals surface area contributed by atoms with Gasteiger partial charge in [-0.1, -0.05) is 58.8 Å². The number of rotatable bonds is 6. The van der Waals surface area contributed by atoms with E-state index in [1.165, 1.54) is 70.6 Å². The first-order valence-corrected chi connectivity index (χ1v) is 10.1. The van der Waals surface area contributed by atoms with Crippen molar-refractivity contribution >= 4 is 0 Å². The number of hydrogen-bond acceptors (Lipinski definition) is 1. The lowest BCUT2D eigenvalue weighted by Crippen LogP contribution is -2.43. The summed E-state index contributed by atoms with van der Waals surface area (Å²) in [6, 6.07) is 0. The summed E-state index contributed by atoms with van der Waals surface area (Å²) in [6.07, 6.45) is 15.4. The van der Waals surface area contributed by atoms with Crippen LogP contribution >= 0.6 is 0 Å². The number of aliphatic hydroxyl groups is 1. The number of unbranched alkanes of at least 4 members (excludes halogenated alkanes) is 2. The minimum atomic E-state index is -0.483. The third-order valence-electron chi connectivity index (χ3n) is 6.78. The van der Waals surface area contributed by atoms with Crippen LogP contribution in [0.3, 0.4) is 0 Å². The third kappa shape index (κ3) is 4.98. The molecule has 2 aliphatic carbocycles. The van der Waals surface area contributed by atoms with Crippen molar-refractivity contribution in [3.8, 4) is 0 Å². The fraction of sp³-hybridized carbons (Fsp3) is 1.00. The SMILES string of the molecule is CCCCCC1CCC([C@@H]2CC(C)CC[C@H]2C(C)(C)O)CC1.